The van der Waals surface area contributed by atoms with Crippen LogP contribution in [0.25, 0.3) is 0 Å². The number of rotatable bonds is 14. The predicted octanol–water partition coefficient (Wildman–Crippen LogP) is 6.82. The lowest BCUT2D eigenvalue weighted by Crippen LogP contribution is -2.55. The summed E-state index contributed by atoms with van der Waals surface area (Å²) in [6.07, 6.45) is 4.45. The summed E-state index contributed by atoms with van der Waals surface area (Å²) < 4.78 is -6.21. The average Bonchev–Trinajstić information content (AvgIpc) is 2.50. The van der Waals surface area contributed by atoms with Crippen LogP contribution in [0.5, 0.6) is 0 Å². The lowest BCUT2D eigenvalue weighted by atomic mass is 9.92. The highest BCUT2D eigenvalue weighted by molar-refractivity contribution is 6.70. The number of hydrogen-bond acceptors (Lipinski definition) is 2. The molecule has 0 aliphatic carbocycles. The number of unbranched alkanes of at least 4 members (excludes halogenated alkanes) is 4. The zero-order chi connectivity index (χ0) is 20.6. The van der Waals surface area contributed by atoms with Gasteiger partial charge in [-0.2, -0.15) is 0 Å². The van der Waals surface area contributed by atoms with Gasteiger partial charge in [0.15, 0.2) is 13.0 Å². The Morgan fingerprint density at radius 3 is 1.88 bits per heavy atom. The van der Waals surface area contributed by atoms with E-state index in [2.05, 4.69) is 6.92 Å². The van der Waals surface area contributed by atoms with Crippen molar-refractivity contribution < 1.29 is 19.8 Å². The van der Waals surface area contributed by atoms with Gasteiger partial charge in [-0.25, -0.2) is 0 Å². The molecule has 0 fully saturated rings. The first-order chi connectivity index (χ1) is 11.8. The number of carbonyl (C=O) groups is 2. The quantitative estimate of drug-likeness (QED) is 0.206. The summed E-state index contributed by atoms with van der Waals surface area (Å²) >= 11 is 37.7. The molecule has 10 heteroatoms. The molecule has 2 N–H and O–H groups in total. The van der Waals surface area contributed by atoms with Crippen LogP contribution in [0.15, 0.2) is 0 Å². The van der Waals surface area contributed by atoms with Crippen LogP contribution in [0.4, 0.5) is 0 Å². The first kappa shape index (κ1) is 26.7. The Bertz CT molecular complexity index is 468. The first-order valence-electron chi connectivity index (χ1n) is 8.39. The molecule has 0 aromatic carbocycles. The van der Waals surface area contributed by atoms with E-state index >= 15 is 0 Å². The van der Waals surface area contributed by atoms with Gasteiger partial charge in [-0.15, -0.1) is 0 Å². The molecule has 0 radical (unpaired) electrons. The third-order valence-electron chi connectivity index (χ3n) is 4.09. The summed E-state index contributed by atoms with van der Waals surface area (Å²) in [6.45, 7) is 2.09. The Balaban J connectivity index is 5.19. The van der Waals surface area contributed by atoms with E-state index in [1.54, 1.807) is 0 Å². The third-order valence-corrected chi connectivity index (χ3v) is 8.15. The molecule has 0 saturated heterocycles. The van der Waals surface area contributed by atoms with Crippen molar-refractivity contribution in [3.63, 3.8) is 0 Å². The molecule has 0 aromatic heterocycles. The molecular formula is C16H24Cl6O4. The van der Waals surface area contributed by atoms with E-state index in [9.17, 15) is 14.7 Å². The highest BCUT2D eigenvalue weighted by Crippen LogP contribution is 2.59. The summed E-state index contributed by atoms with van der Waals surface area (Å²) in [4.78, 5) is 22.2. The fourth-order valence-corrected chi connectivity index (χ4v) is 4.43. The van der Waals surface area contributed by atoms with E-state index in [0.29, 0.717) is 6.42 Å². The number of alkyl halides is 6. The average molecular weight is 493 g/mol. The van der Waals surface area contributed by atoms with Crippen LogP contribution in [0.3, 0.4) is 0 Å². The van der Waals surface area contributed by atoms with Gasteiger partial charge < -0.3 is 10.2 Å². The van der Waals surface area contributed by atoms with Gasteiger partial charge in [-0.05, 0) is 19.3 Å². The maximum Gasteiger partial charge on any atom is 0.309 e. The molecule has 26 heavy (non-hydrogen) atoms. The largest absolute Gasteiger partial charge is 0.481 e. The number of aliphatic carboxylic acids is 2. The van der Waals surface area contributed by atoms with Gasteiger partial charge in [0.2, 0.25) is 0 Å². The van der Waals surface area contributed by atoms with Gasteiger partial charge in [-0.1, -0.05) is 109 Å². The SMILES string of the molecule is CCCCCCCC(Cl)(Cl)C(Cl)(Cl)C(Cl)(Cl)C(CCCC(=O)O)C(=O)O. The highest BCUT2D eigenvalue weighted by atomic mass is 35.5. The van der Waals surface area contributed by atoms with Crippen molar-refractivity contribution in [1.82, 2.24) is 0 Å². The van der Waals surface area contributed by atoms with Gasteiger partial charge >= 0.3 is 11.9 Å². The number of halogens is 6. The van der Waals surface area contributed by atoms with Gasteiger partial charge in [0.1, 0.15) is 0 Å². The highest BCUT2D eigenvalue weighted by Gasteiger charge is 2.64. The maximum atomic E-state index is 11.6. The normalized spacial score (nSPS) is 14.3. The minimum absolute atomic E-state index is 0.0337. The van der Waals surface area contributed by atoms with Crippen molar-refractivity contribution in [2.45, 2.75) is 77.7 Å². The fourth-order valence-electron chi connectivity index (χ4n) is 2.49. The second-order valence-corrected chi connectivity index (χ2v) is 10.4. The minimum atomic E-state index is -2.23. The van der Waals surface area contributed by atoms with E-state index < -0.39 is 30.9 Å². The second kappa shape index (κ2) is 11.6. The molecule has 1 atom stereocenters. The van der Waals surface area contributed by atoms with Crippen LogP contribution in [-0.4, -0.2) is 35.2 Å². The third kappa shape index (κ3) is 7.60. The smallest absolute Gasteiger partial charge is 0.309 e. The summed E-state index contributed by atoms with van der Waals surface area (Å²) in [5.41, 5.74) is 0. The summed E-state index contributed by atoms with van der Waals surface area (Å²) in [7, 11) is 0. The minimum Gasteiger partial charge on any atom is -0.481 e. The molecular weight excluding hydrogens is 469 g/mol. The molecule has 0 spiro atoms. The van der Waals surface area contributed by atoms with Crippen LogP contribution in [0.1, 0.15) is 64.7 Å². The fraction of sp³-hybridized carbons (Fsp3) is 0.875. The van der Waals surface area contributed by atoms with E-state index in [-0.39, 0.29) is 25.7 Å². The molecule has 0 saturated carbocycles. The number of carboxylic acid groups (broad SMARTS) is 2. The Labute approximate surface area is 184 Å². The molecule has 0 amide bonds. The number of carboxylic acids is 2. The Kier molecular flexibility index (Phi) is 11.9. The van der Waals surface area contributed by atoms with E-state index in [1.807, 2.05) is 0 Å². The van der Waals surface area contributed by atoms with Crippen LogP contribution >= 0.6 is 69.6 Å². The predicted molar refractivity (Wildman–Crippen MR) is 109 cm³/mol. The zero-order valence-corrected chi connectivity index (χ0v) is 19.0. The second-order valence-electron chi connectivity index (χ2n) is 6.24. The van der Waals surface area contributed by atoms with Crippen LogP contribution < -0.4 is 0 Å². The zero-order valence-electron chi connectivity index (χ0n) is 14.4. The van der Waals surface area contributed by atoms with Crippen molar-refractivity contribution in [2.75, 3.05) is 0 Å². The molecule has 4 nitrogen and oxygen atoms in total. The van der Waals surface area contributed by atoms with E-state index in [0.717, 1.165) is 25.7 Å². The summed E-state index contributed by atoms with van der Waals surface area (Å²) in [5, 5.41) is 18.2. The maximum absolute atomic E-state index is 11.6. The van der Waals surface area contributed by atoms with Gasteiger partial charge in [-0.3, -0.25) is 9.59 Å². The van der Waals surface area contributed by atoms with Crippen molar-refractivity contribution in [3.05, 3.63) is 0 Å². The van der Waals surface area contributed by atoms with Crippen molar-refractivity contribution in [2.24, 2.45) is 5.92 Å². The Hall–Kier alpha value is 0.680. The van der Waals surface area contributed by atoms with Crippen LogP contribution in [0.2, 0.25) is 0 Å². The first-order valence-corrected chi connectivity index (χ1v) is 10.7. The Morgan fingerprint density at radius 1 is 0.885 bits per heavy atom. The molecule has 0 heterocycles. The molecule has 0 aromatic rings. The topological polar surface area (TPSA) is 74.6 Å². The lowest BCUT2D eigenvalue weighted by Gasteiger charge is -2.43. The van der Waals surface area contributed by atoms with E-state index in [1.165, 1.54) is 0 Å². The van der Waals surface area contributed by atoms with Crippen molar-refractivity contribution >= 4 is 81.5 Å². The standard InChI is InChI=1S/C16H24Cl6O4/c1-2-3-4-5-6-10-14(17,18)16(21,22)15(19,20)11(13(25)26)8-7-9-12(23)24/h11H,2-10H2,1H3,(H,23,24)(H,25,26). The molecule has 1 unspecified atom stereocenters. The molecule has 0 aliphatic heterocycles. The summed E-state index contributed by atoms with van der Waals surface area (Å²) in [5.74, 6) is -3.88. The number of hydrogen-bond donors (Lipinski definition) is 2. The van der Waals surface area contributed by atoms with Gasteiger partial charge in [0.25, 0.3) is 0 Å². The van der Waals surface area contributed by atoms with Gasteiger partial charge in [0, 0.05) is 6.42 Å². The van der Waals surface area contributed by atoms with E-state index in [4.69, 9.17) is 74.7 Å². The van der Waals surface area contributed by atoms with Crippen LogP contribution in [0, 0.1) is 5.92 Å². The molecule has 0 rings (SSSR count). The Morgan fingerprint density at radius 2 is 1.42 bits per heavy atom. The lowest BCUT2D eigenvalue weighted by molar-refractivity contribution is -0.143. The molecule has 0 aliphatic rings. The monoisotopic (exact) mass is 490 g/mol. The molecule has 154 valence electrons. The van der Waals surface area contributed by atoms with Crippen molar-refractivity contribution in [1.29, 1.82) is 0 Å². The molecule has 0 bridgehead atoms. The summed E-state index contributed by atoms with van der Waals surface area (Å²) in [6, 6.07) is 0. The van der Waals surface area contributed by atoms with Gasteiger partial charge in [0.05, 0.1) is 5.92 Å². The van der Waals surface area contributed by atoms with Crippen LogP contribution in [-0.2, 0) is 9.59 Å². The van der Waals surface area contributed by atoms with Crippen molar-refractivity contribution in [3.8, 4) is 0 Å².